The van der Waals surface area contributed by atoms with E-state index in [-0.39, 0.29) is 0 Å². The van der Waals surface area contributed by atoms with E-state index in [4.69, 9.17) is 10.5 Å². The van der Waals surface area contributed by atoms with E-state index >= 15 is 0 Å². The van der Waals surface area contributed by atoms with Crippen molar-refractivity contribution < 1.29 is 9.53 Å². The van der Waals surface area contributed by atoms with Gasteiger partial charge in [-0.1, -0.05) is 30.4 Å². The van der Waals surface area contributed by atoms with Crippen LogP contribution in [0, 0.1) is 0 Å². The normalized spacial score (nSPS) is 21.0. The summed E-state index contributed by atoms with van der Waals surface area (Å²) in [5.74, 6) is -0.0206. The zero-order valence-electron chi connectivity index (χ0n) is 9.51. The Morgan fingerprint density at radius 3 is 2.47 bits per heavy atom. The molecule has 3 nitrogen and oxygen atoms in total. The highest BCUT2D eigenvalue weighted by molar-refractivity contribution is 5.96. The summed E-state index contributed by atoms with van der Waals surface area (Å²) in [4.78, 5) is 11.3. The number of hydrogen-bond donors (Lipinski definition) is 1. The van der Waals surface area contributed by atoms with Crippen molar-refractivity contribution in [2.24, 2.45) is 5.73 Å². The molecule has 86 valence electrons. The zero-order chi connectivity index (χ0) is 12.3. The van der Waals surface area contributed by atoms with E-state index in [9.17, 15) is 4.79 Å². The molecule has 0 aliphatic heterocycles. The largest absolute Gasteiger partial charge is 0.496 e. The zero-order valence-corrected chi connectivity index (χ0v) is 9.51. The van der Waals surface area contributed by atoms with E-state index in [1.807, 2.05) is 36.5 Å². The third kappa shape index (κ3) is 2.45. The average Bonchev–Trinajstić information content (AvgIpc) is 2.51. The number of allylic oxidation sites excluding steroid dienone is 10. The Hall–Kier alpha value is -2.29. The number of primary amides is 1. The van der Waals surface area contributed by atoms with Crippen molar-refractivity contribution in [2.45, 2.75) is 0 Å². The fourth-order valence-electron chi connectivity index (χ4n) is 1.68. The number of rotatable bonds is 2. The molecule has 2 rings (SSSR count). The molecule has 0 spiro atoms. The van der Waals surface area contributed by atoms with E-state index < -0.39 is 5.91 Å². The van der Waals surface area contributed by atoms with Gasteiger partial charge in [0.1, 0.15) is 5.76 Å². The van der Waals surface area contributed by atoms with Crippen LogP contribution in [0.5, 0.6) is 0 Å². The number of amides is 1. The molecule has 0 fully saturated rings. The maximum absolute atomic E-state index is 11.3. The predicted molar refractivity (Wildman–Crippen MR) is 66.8 cm³/mol. The molecular weight excluding hydrogens is 214 g/mol. The lowest BCUT2D eigenvalue weighted by atomic mass is 10.0. The molecule has 1 amide bonds. The van der Waals surface area contributed by atoms with Gasteiger partial charge in [-0.15, -0.1) is 0 Å². The molecule has 2 N–H and O–H groups in total. The van der Waals surface area contributed by atoms with E-state index in [2.05, 4.69) is 0 Å². The first-order valence-corrected chi connectivity index (χ1v) is 5.25. The fourth-order valence-corrected chi connectivity index (χ4v) is 1.68. The average molecular weight is 227 g/mol. The molecular formula is C14H13NO2. The van der Waals surface area contributed by atoms with E-state index in [0.29, 0.717) is 11.3 Å². The quantitative estimate of drug-likeness (QED) is 0.783. The second-order valence-corrected chi connectivity index (χ2v) is 3.69. The summed E-state index contributed by atoms with van der Waals surface area (Å²) in [5.41, 5.74) is 7.68. The van der Waals surface area contributed by atoms with Crippen molar-refractivity contribution in [3.8, 4) is 0 Å². The van der Waals surface area contributed by atoms with Crippen LogP contribution in [0.15, 0.2) is 71.1 Å². The van der Waals surface area contributed by atoms with Gasteiger partial charge in [0.2, 0.25) is 0 Å². The first-order valence-electron chi connectivity index (χ1n) is 5.25. The minimum absolute atomic E-state index is 0.374. The van der Waals surface area contributed by atoms with Gasteiger partial charge in [-0.25, -0.2) is 0 Å². The summed E-state index contributed by atoms with van der Waals surface area (Å²) in [6.45, 7) is 0. The molecule has 2 aliphatic carbocycles. The van der Waals surface area contributed by atoms with Gasteiger partial charge >= 0.3 is 0 Å². The van der Waals surface area contributed by atoms with Crippen molar-refractivity contribution in [3.63, 3.8) is 0 Å². The Morgan fingerprint density at radius 1 is 1.12 bits per heavy atom. The second kappa shape index (κ2) is 4.70. The maximum atomic E-state index is 11.3. The van der Waals surface area contributed by atoms with Crippen molar-refractivity contribution in [2.75, 3.05) is 7.11 Å². The smallest absolute Gasteiger partial charge is 0.252 e. The van der Waals surface area contributed by atoms with Gasteiger partial charge in [0.15, 0.2) is 0 Å². The SMILES string of the molecule is COC1=CC2=C/C(=C\C=C1C(N)=O)C=CC=C2. The summed E-state index contributed by atoms with van der Waals surface area (Å²) in [6.07, 6.45) is 15.1. The lowest BCUT2D eigenvalue weighted by molar-refractivity contribution is -0.114. The lowest BCUT2D eigenvalue weighted by Gasteiger charge is -2.10. The molecule has 0 heterocycles. The van der Waals surface area contributed by atoms with Crippen LogP contribution >= 0.6 is 0 Å². The topological polar surface area (TPSA) is 52.3 Å². The van der Waals surface area contributed by atoms with Crippen LogP contribution in [0.1, 0.15) is 0 Å². The Kier molecular flexibility index (Phi) is 3.10. The number of carbonyl (C=O) groups is 1. The molecule has 0 aromatic heterocycles. The van der Waals surface area contributed by atoms with Crippen LogP contribution in [-0.2, 0) is 9.53 Å². The van der Waals surface area contributed by atoms with E-state index in [0.717, 1.165) is 11.1 Å². The summed E-state index contributed by atoms with van der Waals surface area (Å²) >= 11 is 0. The predicted octanol–water partition coefficient (Wildman–Crippen LogP) is 1.92. The van der Waals surface area contributed by atoms with Crippen molar-refractivity contribution in [1.29, 1.82) is 0 Å². The Bertz CT molecular complexity index is 528. The summed E-state index contributed by atoms with van der Waals surface area (Å²) in [6, 6.07) is 0. The van der Waals surface area contributed by atoms with Gasteiger partial charge < -0.3 is 10.5 Å². The van der Waals surface area contributed by atoms with E-state index in [1.54, 1.807) is 12.2 Å². The highest BCUT2D eigenvalue weighted by Gasteiger charge is 2.13. The van der Waals surface area contributed by atoms with Crippen LogP contribution in [-0.4, -0.2) is 13.0 Å². The third-order valence-electron chi connectivity index (χ3n) is 2.51. The highest BCUT2D eigenvalue weighted by atomic mass is 16.5. The number of carbonyl (C=O) groups excluding carboxylic acids is 1. The van der Waals surface area contributed by atoms with Crippen molar-refractivity contribution in [3.05, 3.63) is 71.1 Å². The molecule has 0 saturated heterocycles. The minimum atomic E-state index is -0.498. The molecule has 3 heteroatoms. The summed E-state index contributed by atoms with van der Waals surface area (Å²) < 4.78 is 5.20. The van der Waals surface area contributed by atoms with Crippen molar-refractivity contribution >= 4 is 5.91 Å². The first kappa shape index (κ1) is 11.2. The number of ether oxygens (including phenoxy) is 1. The maximum Gasteiger partial charge on any atom is 0.252 e. The van der Waals surface area contributed by atoms with Gasteiger partial charge in [0.05, 0.1) is 12.7 Å². The minimum Gasteiger partial charge on any atom is -0.496 e. The molecule has 2 bridgehead atoms. The Balaban J connectivity index is 2.55. The van der Waals surface area contributed by atoms with Crippen LogP contribution in [0.3, 0.4) is 0 Å². The van der Waals surface area contributed by atoms with Crippen LogP contribution in [0.2, 0.25) is 0 Å². The number of hydrogen-bond acceptors (Lipinski definition) is 2. The third-order valence-corrected chi connectivity index (χ3v) is 2.51. The van der Waals surface area contributed by atoms with Gasteiger partial charge in [0, 0.05) is 0 Å². The molecule has 17 heavy (non-hydrogen) atoms. The van der Waals surface area contributed by atoms with Gasteiger partial charge in [-0.3, -0.25) is 4.79 Å². The summed E-state index contributed by atoms with van der Waals surface area (Å²) in [5, 5.41) is 0. The number of methoxy groups -OCH3 is 1. The molecule has 0 aromatic rings. The summed E-state index contributed by atoms with van der Waals surface area (Å²) in [7, 11) is 1.52. The molecule has 0 aromatic carbocycles. The lowest BCUT2D eigenvalue weighted by Crippen LogP contribution is -2.16. The highest BCUT2D eigenvalue weighted by Crippen LogP contribution is 2.21. The first-order chi connectivity index (χ1) is 8.20. The standard InChI is InChI=1S/C14H13NO2/c1-17-13-9-11-5-3-2-4-10(8-11)6-7-12(13)14(15)16/h2-9H,1H3,(H2,15,16)/b7-6?,10-6-,11-9?,12-7?,13-9?,13-12?. The molecule has 0 atom stereocenters. The van der Waals surface area contributed by atoms with Crippen LogP contribution in [0.25, 0.3) is 0 Å². The van der Waals surface area contributed by atoms with E-state index in [1.165, 1.54) is 7.11 Å². The van der Waals surface area contributed by atoms with Crippen LogP contribution in [0.4, 0.5) is 0 Å². The molecule has 0 saturated carbocycles. The fraction of sp³-hybridized carbons (Fsp3) is 0.0714. The molecule has 0 unspecified atom stereocenters. The number of fused-ring (bicyclic) bond motifs is 1. The Labute approximate surface area is 99.9 Å². The van der Waals surface area contributed by atoms with Gasteiger partial charge in [-0.05, 0) is 29.4 Å². The van der Waals surface area contributed by atoms with Crippen molar-refractivity contribution in [1.82, 2.24) is 0 Å². The monoisotopic (exact) mass is 227 g/mol. The number of nitrogens with two attached hydrogens (primary N) is 1. The molecule has 0 radical (unpaired) electrons. The van der Waals surface area contributed by atoms with Gasteiger partial charge in [-0.2, -0.15) is 0 Å². The molecule has 2 aliphatic rings. The van der Waals surface area contributed by atoms with Crippen LogP contribution < -0.4 is 5.73 Å². The van der Waals surface area contributed by atoms with Gasteiger partial charge in [0.25, 0.3) is 5.91 Å². The Morgan fingerprint density at radius 2 is 1.82 bits per heavy atom. The second-order valence-electron chi connectivity index (χ2n) is 3.69.